The summed E-state index contributed by atoms with van der Waals surface area (Å²) >= 11 is 0. The zero-order chi connectivity index (χ0) is 12.1. The summed E-state index contributed by atoms with van der Waals surface area (Å²) in [4.78, 5) is 10.6. The summed E-state index contributed by atoms with van der Waals surface area (Å²) in [5.41, 5.74) is 4.17. The minimum Gasteiger partial charge on any atom is -0.496 e. The molecule has 2 heteroatoms. The Morgan fingerprint density at radius 3 is 2.82 bits per heavy atom. The lowest BCUT2D eigenvalue weighted by Gasteiger charge is -2.15. The molecule has 0 saturated heterocycles. The van der Waals surface area contributed by atoms with E-state index in [1.54, 1.807) is 7.11 Å². The van der Waals surface area contributed by atoms with Crippen LogP contribution in [0.1, 0.15) is 42.4 Å². The maximum atomic E-state index is 10.6. The van der Waals surface area contributed by atoms with E-state index in [9.17, 15) is 4.79 Å². The topological polar surface area (TPSA) is 26.3 Å². The zero-order valence-corrected chi connectivity index (χ0v) is 10.5. The fraction of sp³-hybridized carbons (Fsp3) is 0.533. The van der Waals surface area contributed by atoms with Crippen LogP contribution in [0.15, 0.2) is 12.1 Å². The van der Waals surface area contributed by atoms with E-state index in [4.69, 9.17) is 4.74 Å². The number of rotatable bonds is 4. The number of methoxy groups -OCH3 is 1. The first kappa shape index (κ1) is 12.2. The Bertz CT molecular complexity index is 396. The van der Waals surface area contributed by atoms with Crippen molar-refractivity contribution < 1.29 is 9.53 Å². The van der Waals surface area contributed by atoms with Crippen LogP contribution in [0, 0.1) is 0 Å². The minimum atomic E-state index is 0.590. The number of carbonyl (C=O) groups excluding carboxylic acids is 1. The molecule has 0 radical (unpaired) electrons. The molecule has 17 heavy (non-hydrogen) atoms. The van der Waals surface area contributed by atoms with Gasteiger partial charge in [-0.05, 0) is 54.9 Å². The molecular weight excluding hydrogens is 212 g/mol. The normalized spacial score (nSPS) is 14.9. The van der Waals surface area contributed by atoms with Crippen molar-refractivity contribution in [3.8, 4) is 5.75 Å². The molecule has 1 aromatic rings. The summed E-state index contributed by atoms with van der Waals surface area (Å²) in [6.45, 7) is 0. The summed E-state index contributed by atoms with van der Waals surface area (Å²) in [6, 6.07) is 4.26. The van der Waals surface area contributed by atoms with E-state index in [1.165, 1.54) is 42.4 Å². The molecule has 0 aliphatic heterocycles. The molecule has 0 spiro atoms. The number of carbonyl (C=O) groups is 1. The van der Waals surface area contributed by atoms with Gasteiger partial charge in [-0.1, -0.05) is 12.5 Å². The number of hydrogen-bond acceptors (Lipinski definition) is 2. The van der Waals surface area contributed by atoms with Crippen LogP contribution in [0.2, 0.25) is 0 Å². The molecule has 0 bridgehead atoms. The van der Waals surface area contributed by atoms with Gasteiger partial charge in [-0.3, -0.25) is 0 Å². The monoisotopic (exact) mass is 232 g/mol. The Morgan fingerprint density at radius 2 is 2.06 bits per heavy atom. The average Bonchev–Trinajstić information content (AvgIpc) is 2.60. The summed E-state index contributed by atoms with van der Waals surface area (Å²) in [5, 5.41) is 0. The van der Waals surface area contributed by atoms with Crippen molar-refractivity contribution in [2.75, 3.05) is 7.11 Å². The van der Waals surface area contributed by atoms with E-state index in [1.807, 2.05) is 0 Å². The Kier molecular flexibility index (Phi) is 4.18. The SMILES string of the molecule is COc1ccc2c(c1CCC=O)CCCCC2. The summed E-state index contributed by atoms with van der Waals surface area (Å²) in [5.74, 6) is 0.951. The fourth-order valence-corrected chi connectivity index (χ4v) is 2.73. The molecule has 0 aromatic heterocycles. The summed E-state index contributed by atoms with van der Waals surface area (Å²) in [7, 11) is 1.71. The molecule has 0 N–H and O–H groups in total. The maximum absolute atomic E-state index is 10.6. The number of ether oxygens (including phenoxy) is 1. The number of benzene rings is 1. The highest BCUT2D eigenvalue weighted by molar-refractivity contribution is 5.53. The first-order chi connectivity index (χ1) is 8.36. The van der Waals surface area contributed by atoms with Crippen LogP contribution < -0.4 is 4.74 Å². The van der Waals surface area contributed by atoms with Gasteiger partial charge in [0.15, 0.2) is 0 Å². The van der Waals surface area contributed by atoms with Crippen molar-refractivity contribution in [3.05, 3.63) is 28.8 Å². The van der Waals surface area contributed by atoms with Gasteiger partial charge < -0.3 is 9.53 Å². The van der Waals surface area contributed by atoms with Gasteiger partial charge in [0.1, 0.15) is 12.0 Å². The van der Waals surface area contributed by atoms with Gasteiger partial charge in [0.2, 0.25) is 0 Å². The largest absolute Gasteiger partial charge is 0.496 e. The van der Waals surface area contributed by atoms with Gasteiger partial charge in [-0.25, -0.2) is 0 Å². The van der Waals surface area contributed by atoms with Crippen molar-refractivity contribution in [2.45, 2.75) is 44.9 Å². The molecule has 0 unspecified atom stereocenters. The number of hydrogen-bond donors (Lipinski definition) is 0. The van der Waals surface area contributed by atoms with E-state index in [2.05, 4.69) is 12.1 Å². The van der Waals surface area contributed by atoms with E-state index in [-0.39, 0.29) is 0 Å². The molecule has 0 saturated carbocycles. The van der Waals surface area contributed by atoms with Crippen molar-refractivity contribution in [1.29, 1.82) is 0 Å². The van der Waals surface area contributed by atoms with Gasteiger partial charge in [0, 0.05) is 6.42 Å². The zero-order valence-electron chi connectivity index (χ0n) is 10.5. The molecular formula is C15H20O2. The molecule has 2 nitrogen and oxygen atoms in total. The Morgan fingerprint density at radius 1 is 1.24 bits per heavy atom. The van der Waals surface area contributed by atoms with Crippen molar-refractivity contribution in [3.63, 3.8) is 0 Å². The standard InChI is InChI=1S/C15H20O2/c1-17-15-10-9-12-6-3-2-4-7-13(12)14(15)8-5-11-16/h9-11H,2-8H2,1H3. The minimum absolute atomic E-state index is 0.590. The lowest BCUT2D eigenvalue weighted by molar-refractivity contribution is -0.107. The third-order valence-corrected chi connectivity index (χ3v) is 3.59. The fourth-order valence-electron chi connectivity index (χ4n) is 2.73. The number of fused-ring (bicyclic) bond motifs is 1. The van der Waals surface area contributed by atoms with Crippen LogP contribution in [0.5, 0.6) is 5.75 Å². The van der Waals surface area contributed by atoms with E-state index in [0.717, 1.165) is 24.9 Å². The van der Waals surface area contributed by atoms with Gasteiger partial charge in [-0.15, -0.1) is 0 Å². The van der Waals surface area contributed by atoms with Gasteiger partial charge >= 0.3 is 0 Å². The van der Waals surface area contributed by atoms with Crippen molar-refractivity contribution >= 4 is 6.29 Å². The molecule has 92 valence electrons. The first-order valence-corrected chi connectivity index (χ1v) is 6.48. The predicted molar refractivity (Wildman–Crippen MR) is 68.6 cm³/mol. The Balaban J connectivity index is 2.39. The molecule has 2 rings (SSSR count). The second-order valence-electron chi connectivity index (χ2n) is 4.65. The molecule has 1 aliphatic rings. The second kappa shape index (κ2) is 5.85. The highest BCUT2D eigenvalue weighted by Gasteiger charge is 2.15. The van der Waals surface area contributed by atoms with Gasteiger partial charge in [-0.2, -0.15) is 0 Å². The Labute approximate surface area is 103 Å². The predicted octanol–water partition coefficient (Wildman–Crippen LogP) is 3.10. The van der Waals surface area contributed by atoms with Crippen LogP contribution in [0.4, 0.5) is 0 Å². The average molecular weight is 232 g/mol. The molecule has 1 aromatic carbocycles. The lowest BCUT2D eigenvalue weighted by Crippen LogP contribution is -2.02. The third kappa shape index (κ3) is 2.68. The van der Waals surface area contributed by atoms with Crippen LogP contribution in [0.3, 0.4) is 0 Å². The van der Waals surface area contributed by atoms with Gasteiger partial charge in [0.25, 0.3) is 0 Å². The van der Waals surface area contributed by atoms with Crippen LogP contribution >= 0.6 is 0 Å². The van der Waals surface area contributed by atoms with E-state index in [0.29, 0.717) is 6.42 Å². The highest BCUT2D eigenvalue weighted by Crippen LogP contribution is 2.31. The summed E-state index contributed by atoms with van der Waals surface area (Å²) in [6.07, 6.45) is 8.57. The Hall–Kier alpha value is -1.31. The number of aldehydes is 1. The second-order valence-corrected chi connectivity index (χ2v) is 4.65. The lowest BCUT2D eigenvalue weighted by atomic mass is 9.93. The maximum Gasteiger partial charge on any atom is 0.122 e. The summed E-state index contributed by atoms with van der Waals surface area (Å²) < 4.78 is 5.43. The number of aryl methyl sites for hydroxylation is 1. The molecule has 0 fully saturated rings. The molecule has 1 aliphatic carbocycles. The van der Waals surface area contributed by atoms with Crippen molar-refractivity contribution in [2.24, 2.45) is 0 Å². The highest BCUT2D eigenvalue weighted by atomic mass is 16.5. The smallest absolute Gasteiger partial charge is 0.122 e. The molecule has 0 amide bonds. The van der Waals surface area contributed by atoms with E-state index >= 15 is 0 Å². The first-order valence-electron chi connectivity index (χ1n) is 6.48. The van der Waals surface area contributed by atoms with E-state index < -0.39 is 0 Å². The van der Waals surface area contributed by atoms with Gasteiger partial charge in [0.05, 0.1) is 7.11 Å². The third-order valence-electron chi connectivity index (χ3n) is 3.59. The molecule has 0 atom stereocenters. The molecule has 0 heterocycles. The van der Waals surface area contributed by atoms with Crippen molar-refractivity contribution in [1.82, 2.24) is 0 Å². The quantitative estimate of drug-likeness (QED) is 0.589. The van der Waals surface area contributed by atoms with Crippen LogP contribution in [-0.4, -0.2) is 13.4 Å². The van der Waals surface area contributed by atoms with Crippen LogP contribution in [-0.2, 0) is 24.1 Å². The van der Waals surface area contributed by atoms with Crippen LogP contribution in [0.25, 0.3) is 0 Å².